The average molecular weight is 342 g/mol. The van der Waals surface area contributed by atoms with Gasteiger partial charge in [-0.15, -0.1) is 0 Å². The maximum Gasteiger partial charge on any atom is 0.204 e. The van der Waals surface area contributed by atoms with Crippen LogP contribution in [0.2, 0.25) is 0 Å². The summed E-state index contributed by atoms with van der Waals surface area (Å²) in [4.78, 5) is 8.58. The van der Waals surface area contributed by atoms with Crippen LogP contribution < -0.4 is 20.7 Å². The number of hydroxylamine groups is 1. The molecule has 4 N–H and O–H groups in total. The monoisotopic (exact) mass is 342 g/mol. The topological polar surface area (TPSA) is 93.8 Å². The Morgan fingerprint density at radius 3 is 2.68 bits per heavy atom. The lowest BCUT2D eigenvalue weighted by molar-refractivity contribution is -0.106. The largest absolute Gasteiger partial charge is 0.489 e. The predicted molar refractivity (Wildman–Crippen MR) is 95.3 cm³/mol. The number of primary amides is 1. The van der Waals surface area contributed by atoms with Crippen LogP contribution in [-0.2, 0) is 11.4 Å². The van der Waals surface area contributed by atoms with Gasteiger partial charge in [-0.3, -0.25) is 4.79 Å². The van der Waals surface area contributed by atoms with E-state index in [1.165, 1.54) is 0 Å². The van der Waals surface area contributed by atoms with E-state index >= 15 is 0 Å². The fourth-order valence-electron chi connectivity index (χ4n) is 2.45. The minimum atomic E-state index is -0.0526. The second-order valence-electron chi connectivity index (χ2n) is 5.42. The Morgan fingerprint density at radius 1 is 1.28 bits per heavy atom. The number of ether oxygens (including phenoxy) is 2. The highest BCUT2D eigenvalue weighted by atomic mass is 16.5. The van der Waals surface area contributed by atoms with Crippen molar-refractivity contribution in [1.29, 1.82) is 0 Å². The van der Waals surface area contributed by atoms with Crippen LogP contribution in [0.4, 0.5) is 0 Å². The molecule has 0 radical (unpaired) electrons. The number of carbonyl (C=O) groups is 1. The molecule has 1 unspecified atom stereocenters. The van der Waals surface area contributed by atoms with E-state index in [9.17, 15) is 0 Å². The maximum atomic E-state index is 8.88. The Bertz CT molecular complexity index is 717. The van der Waals surface area contributed by atoms with Crippen molar-refractivity contribution in [3.8, 4) is 11.5 Å². The van der Waals surface area contributed by atoms with Gasteiger partial charge in [0.05, 0.1) is 0 Å². The number of carbonyl (C=O) groups excluding carboxylic acids is 1. The van der Waals surface area contributed by atoms with Crippen LogP contribution >= 0.6 is 0 Å². The number of fused-ring (bicyclic) bond motifs is 1. The summed E-state index contributed by atoms with van der Waals surface area (Å²) < 4.78 is 11.7. The molecule has 3 rings (SSSR count). The molecular formula is C19H22N2O4. The van der Waals surface area contributed by atoms with E-state index in [4.69, 9.17) is 19.5 Å². The SMILES string of the molecule is CC1Oc2ccc(OCc3ccccc3)cc2C=C1CNO.NC=O. The van der Waals surface area contributed by atoms with Crippen molar-refractivity contribution in [2.45, 2.75) is 19.6 Å². The van der Waals surface area contributed by atoms with E-state index in [0.717, 1.165) is 28.2 Å². The van der Waals surface area contributed by atoms with Crippen molar-refractivity contribution in [2.24, 2.45) is 5.73 Å². The summed E-state index contributed by atoms with van der Waals surface area (Å²) in [7, 11) is 0. The molecule has 2 aromatic carbocycles. The smallest absolute Gasteiger partial charge is 0.204 e. The Labute approximate surface area is 146 Å². The molecule has 1 amide bonds. The van der Waals surface area contributed by atoms with Crippen LogP contribution in [0.3, 0.4) is 0 Å². The van der Waals surface area contributed by atoms with Gasteiger partial charge in [-0.25, -0.2) is 5.48 Å². The van der Waals surface area contributed by atoms with Gasteiger partial charge in [0, 0.05) is 12.1 Å². The normalized spacial score (nSPS) is 15.0. The molecular weight excluding hydrogens is 320 g/mol. The van der Waals surface area contributed by atoms with Crippen molar-refractivity contribution >= 4 is 12.5 Å². The number of nitrogens with one attached hydrogen (secondary N) is 1. The first kappa shape index (κ1) is 18.5. The van der Waals surface area contributed by atoms with Crippen LogP contribution in [0.1, 0.15) is 18.1 Å². The van der Waals surface area contributed by atoms with Crippen molar-refractivity contribution in [3.63, 3.8) is 0 Å². The number of rotatable bonds is 5. The molecule has 25 heavy (non-hydrogen) atoms. The molecule has 1 heterocycles. The van der Waals surface area contributed by atoms with E-state index in [1.807, 2.05) is 61.5 Å². The zero-order chi connectivity index (χ0) is 18.1. The van der Waals surface area contributed by atoms with Crippen molar-refractivity contribution in [1.82, 2.24) is 5.48 Å². The van der Waals surface area contributed by atoms with Crippen LogP contribution in [0.15, 0.2) is 54.1 Å². The molecule has 0 spiro atoms. The molecule has 1 aliphatic rings. The third-order valence-electron chi connectivity index (χ3n) is 3.68. The Balaban J connectivity index is 0.000000701. The molecule has 0 aromatic heterocycles. The van der Waals surface area contributed by atoms with E-state index in [2.05, 4.69) is 11.2 Å². The van der Waals surface area contributed by atoms with Gasteiger partial charge in [0.1, 0.15) is 24.2 Å². The van der Waals surface area contributed by atoms with Crippen molar-refractivity contribution < 1.29 is 19.5 Å². The molecule has 1 aliphatic heterocycles. The molecule has 0 fully saturated rings. The number of nitrogens with two attached hydrogens (primary N) is 1. The number of hydrogen-bond donors (Lipinski definition) is 3. The van der Waals surface area contributed by atoms with Gasteiger partial charge >= 0.3 is 0 Å². The summed E-state index contributed by atoms with van der Waals surface area (Å²) in [6.07, 6.45) is 2.23. The number of hydrogen-bond acceptors (Lipinski definition) is 5. The molecule has 0 aliphatic carbocycles. The first-order chi connectivity index (χ1) is 12.2. The zero-order valence-corrected chi connectivity index (χ0v) is 14.0. The molecule has 6 heteroatoms. The van der Waals surface area contributed by atoms with E-state index in [1.54, 1.807) is 0 Å². The summed E-state index contributed by atoms with van der Waals surface area (Å²) in [6.45, 7) is 2.88. The minimum Gasteiger partial charge on any atom is -0.489 e. The highest BCUT2D eigenvalue weighted by molar-refractivity contribution is 5.65. The van der Waals surface area contributed by atoms with Crippen molar-refractivity contribution in [3.05, 3.63) is 65.2 Å². The quantitative estimate of drug-likeness (QED) is 0.573. The van der Waals surface area contributed by atoms with Crippen molar-refractivity contribution in [2.75, 3.05) is 6.54 Å². The molecule has 1 atom stereocenters. The highest BCUT2D eigenvalue weighted by Gasteiger charge is 2.18. The third kappa shape index (κ3) is 5.34. The molecule has 0 bridgehead atoms. The maximum absolute atomic E-state index is 8.88. The Hall–Kier alpha value is -2.83. The fraction of sp³-hybridized carbons (Fsp3) is 0.211. The fourth-order valence-corrected chi connectivity index (χ4v) is 2.45. The Morgan fingerprint density at radius 2 is 2.00 bits per heavy atom. The first-order valence-electron chi connectivity index (χ1n) is 7.88. The highest BCUT2D eigenvalue weighted by Crippen LogP contribution is 2.32. The summed E-state index contributed by atoms with van der Waals surface area (Å²) in [6, 6.07) is 15.9. The van der Waals surface area contributed by atoms with Crippen LogP contribution in [0.5, 0.6) is 11.5 Å². The lowest BCUT2D eigenvalue weighted by Gasteiger charge is -2.24. The molecule has 0 saturated carbocycles. The van der Waals surface area contributed by atoms with Gasteiger partial charge in [-0.1, -0.05) is 30.3 Å². The van der Waals surface area contributed by atoms with Gasteiger partial charge in [0.15, 0.2) is 0 Å². The van der Waals surface area contributed by atoms with Crippen LogP contribution in [0.25, 0.3) is 6.08 Å². The summed E-state index contributed by atoms with van der Waals surface area (Å²) in [5, 5.41) is 8.88. The predicted octanol–water partition coefficient (Wildman–Crippen LogP) is 2.51. The lowest BCUT2D eigenvalue weighted by atomic mass is 10.0. The van der Waals surface area contributed by atoms with E-state index in [-0.39, 0.29) is 12.5 Å². The molecule has 2 aromatic rings. The van der Waals surface area contributed by atoms with Gasteiger partial charge in [0.25, 0.3) is 0 Å². The second kappa shape index (κ2) is 9.46. The van der Waals surface area contributed by atoms with Gasteiger partial charge in [-0.2, -0.15) is 0 Å². The molecule has 132 valence electrons. The van der Waals surface area contributed by atoms with Crippen LogP contribution in [-0.4, -0.2) is 24.3 Å². The van der Waals surface area contributed by atoms with E-state index in [0.29, 0.717) is 13.2 Å². The lowest BCUT2D eigenvalue weighted by Crippen LogP contribution is -2.26. The summed E-state index contributed by atoms with van der Waals surface area (Å²) >= 11 is 0. The minimum absolute atomic E-state index is 0.0526. The van der Waals surface area contributed by atoms with Gasteiger partial charge in [0.2, 0.25) is 6.41 Å². The first-order valence-corrected chi connectivity index (χ1v) is 7.88. The summed E-state index contributed by atoms with van der Waals surface area (Å²) in [5.41, 5.74) is 9.44. The van der Waals surface area contributed by atoms with E-state index < -0.39 is 0 Å². The standard InChI is InChI=1S/C18H19NO3.CH3NO/c1-13-16(11-19-20)9-15-10-17(7-8-18(15)22-13)21-12-14-5-3-2-4-6-14;2-1-3/h2-10,13,19-20H,11-12H2,1H3;1H,(H2,2,3). The summed E-state index contributed by atoms with van der Waals surface area (Å²) in [5.74, 6) is 1.63. The van der Waals surface area contributed by atoms with Gasteiger partial charge in [-0.05, 0) is 42.3 Å². The second-order valence-corrected chi connectivity index (χ2v) is 5.42. The Kier molecular flexibility index (Phi) is 7.00. The molecule has 6 nitrogen and oxygen atoms in total. The van der Waals surface area contributed by atoms with Gasteiger partial charge < -0.3 is 20.4 Å². The number of benzene rings is 2. The number of amides is 1. The zero-order valence-electron chi connectivity index (χ0n) is 14.0. The molecule has 0 saturated heterocycles. The van der Waals surface area contributed by atoms with Crippen LogP contribution in [0, 0.1) is 0 Å². The third-order valence-corrected chi connectivity index (χ3v) is 3.68. The average Bonchev–Trinajstić information content (AvgIpc) is 2.62.